The molecule has 0 bridgehead atoms. The Kier molecular flexibility index (Phi) is 3.29. The Hall–Kier alpha value is -2.41. The Labute approximate surface area is 162 Å². The highest BCUT2D eigenvalue weighted by Crippen LogP contribution is 2.91. The number of nitrogens with zero attached hydrogens (tertiary/aromatic N) is 3. The second-order valence-corrected chi connectivity index (χ2v) is 8.79. The number of piperidine rings is 2. The fourth-order valence-electron chi connectivity index (χ4n) is 5.55. The van der Waals surface area contributed by atoms with Crippen LogP contribution in [-0.2, 0) is 11.2 Å². The standard InChI is InChI=1S/C21H23FN4O2/c22-15-3-1-14(2-4-15)9-16-21-11-20(21,12-21)13-26(16)19-23-17(10-18(27)24-19)25-5-7-28-8-6-25/h1-4,10,16H,5-9,11-13H2,(H,23,24,27)/t16-,20?,21?/m0/s1. The van der Waals surface area contributed by atoms with Gasteiger partial charge in [0.15, 0.2) is 0 Å². The Morgan fingerprint density at radius 1 is 1.21 bits per heavy atom. The molecule has 0 spiro atoms. The molecule has 2 saturated heterocycles. The van der Waals surface area contributed by atoms with E-state index < -0.39 is 0 Å². The zero-order chi connectivity index (χ0) is 18.9. The first-order chi connectivity index (χ1) is 13.6. The van der Waals surface area contributed by atoms with Crippen LogP contribution < -0.4 is 15.4 Å². The first kappa shape index (κ1) is 16.5. The number of aromatic nitrogens is 2. The van der Waals surface area contributed by atoms with Crippen molar-refractivity contribution in [2.45, 2.75) is 25.3 Å². The highest BCUT2D eigenvalue weighted by atomic mass is 19.1. The molecule has 1 aromatic carbocycles. The van der Waals surface area contributed by atoms with Crippen LogP contribution in [0.4, 0.5) is 16.2 Å². The van der Waals surface area contributed by atoms with Gasteiger partial charge >= 0.3 is 0 Å². The number of H-pyrrole nitrogens is 1. The molecule has 4 aliphatic rings. The first-order valence-electron chi connectivity index (χ1n) is 10.0. The molecule has 146 valence electrons. The van der Waals surface area contributed by atoms with E-state index in [1.807, 2.05) is 12.1 Å². The molecule has 3 heterocycles. The Morgan fingerprint density at radius 3 is 2.71 bits per heavy atom. The monoisotopic (exact) mass is 382 g/mol. The summed E-state index contributed by atoms with van der Waals surface area (Å²) in [4.78, 5) is 24.6. The van der Waals surface area contributed by atoms with Gasteiger partial charge < -0.3 is 14.5 Å². The zero-order valence-electron chi connectivity index (χ0n) is 15.7. The molecule has 1 atom stereocenters. The molecule has 0 radical (unpaired) electrons. The molecule has 0 amide bonds. The summed E-state index contributed by atoms with van der Waals surface area (Å²) >= 11 is 0. The summed E-state index contributed by atoms with van der Waals surface area (Å²) in [5.41, 5.74) is 1.81. The molecule has 2 aromatic rings. The summed E-state index contributed by atoms with van der Waals surface area (Å²) in [6.45, 7) is 3.78. The van der Waals surface area contributed by atoms with Crippen LogP contribution in [0.1, 0.15) is 18.4 Å². The van der Waals surface area contributed by atoms with Crippen molar-refractivity contribution in [2.75, 3.05) is 42.6 Å². The van der Waals surface area contributed by atoms with Crippen molar-refractivity contribution >= 4 is 11.8 Å². The molecular formula is C21H23FN4O2. The van der Waals surface area contributed by atoms with E-state index in [-0.39, 0.29) is 11.4 Å². The third-order valence-corrected chi connectivity index (χ3v) is 7.27. The lowest BCUT2D eigenvalue weighted by atomic mass is 9.94. The number of aromatic amines is 1. The van der Waals surface area contributed by atoms with Gasteiger partial charge in [-0.25, -0.2) is 4.39 Å². The van der Waals surface area contributed by atoms with Crippen LogP contribution in [0.3, 0.4) is 0 Å². The van der Waals surface area contributed by atoms with E-state index in [0.717, 1.165) is 37.4 Å². The summed E-state index contributed by atoms with van der Waals surface area (Å²) < 4.78 is 18.7. The lowest BCUT2D eigenvalue weighted by molar-refractivity contribution is 0.122. The SMILES string of the molecule is O=c1cc(N2CCOCC2)nc(N2CC34CC3(C4)[C@@H]2Cc2ccc(F)cc2)[nH]1. The molecule has 28 heavy (non-hydrogen) atoms. The largest absolute Gasteiger partial charge is 0.378 e. The van der Waals surface area contributed by atoms with Gasteiger partial charge in [0.2, 0.25) is 5.95 Å². The number of halogens is 1. The van der Waals surface area contributed by atoms with Gasteiger partial charge in [-0.05, 0) is 47.8 Å². The topological polar surface area (TPSA) is 61.5 Å². The minimum absolute atomic E-state index is 0.115. The maximum Gasteiger partial charge on any atom is 0.254 e. The number of hydrogen-bond donors (Lipinski definition) is 1. The maximum atomic E-state index is 13.3. The number of benzene rings is 1. The van der Waals surface area contributed by atoms with Gasteiger partial charge in [-0.3, -0.25) is 9.78 Å². The summed E-state index contributed by atoms with van der Waals surface area (Å²) in [5, 5.41) is 0. The van der Waals surface area contributed by atoms with Crippen molar-refractivity contribution < 1.29 is 9.13 Å². The molecule has 2 aliphatic heterocycles. The molecule has 1 aromatic heterocycles. The van der Waals surface area contributed by atoms with Gasteiger partial charge in [0.1, 0.15) is 11.6 Å². The molecule has 1 N–H and O–H groups in total. The van der Waals surface area contributed by atoms with Crippen LogP contribution in [0.15, 0.2) is 35.1 Å². The number of nitrogens with one attached hydrogen (secondary N) is 1. The van der Waals surface area contributed by atoms with Crippen LogP contribution in [-0.4, -0.2) is 48.9 Å². The third kappa shape index (κ3) is 2.35. The maximum absolute atomic E-state index is 13.3. The molecule has 0 unspecified atom stereocenters. The van der Waals surface area contributed by atoms with E-state index in [2.05, 4.69) is 14.8 Å². The summed E-state index contributed by atoms with van der Waals surface area (Å²) in [6.07, 6.45) is 3.40. The highest BCUT2D eigenvalue weighted by molar-refractivity contribution is 5.54. The lowest BCUT2D eigenvalue weighted by Gasteiger charge is -2.35. The van der Waals surface area contributed by atoms with E-state index in [9.17, 15) is 9.18 Å². The molecule has 6 rings (SSSR count). The molecule has 4 fully saturated rings. The fraction of sp³-hybridized carbons (Fsp3) is 0.524. The predicted octanol–water partition coefficient (Wildman–Crippen LogP) is 1.96. The summed E-state index contributed by atoms with van der Waals surface area (Å²) in [6, 6.07) is 8.68. The van der Waals surface area contributed by atoms with E-state index in [4.69, 9.17) is 9.72 Å². The van der Waals surface area contributed by atoms with Gasteiger partial charge in [-0.15, -0.1) is 0 Å². The van der Waals surface area contributed by atoms with E-state index >= 15 is 0 Å². The lowest BCUT2D eigenvalue weighted by Crippen LogP contribution is -2.43. The van der Waals surface area contributed by atoms with Crippen LogP contribution >= 0.6 is 0 Å². The van der Waals surface area contributed by atoms with E-state index in [1.165, 1.54) is 25.0 Å². The van der Waals surface area contributed by atoms with Gasteiger partial charge in [0.05, 0.1) is 13.2 Å². The number of hydrogen-bond acceptors (Lipinski definition) is 5. The van der Waals surface area contributed by atoms with Crippen LogP contribution in [0, 0.1) is 16.6 Å². The number of ether oxygens (including phenoxy) is 1. The van der Waals surface area contributed by atoms with Gasteiger partial charge in [-0.1, -0.05) is 12.1 Å². The van der Waals surface area contributed by atoms with Crippen molar-refractivity contribution in [3.63, 3.8) is 0 Å². The molecule has 2 aliphatic carbocycles. The minimum atomic E-state index is -0.207. The van der Waals surface area contributed by atoms with Crippen molar-refractivity contribution in [1.29, 1.82) is 0 Å². The molecule has 6 nitrogen and oxygen atoms in total. The van der Waals surface area contributed by atoms with Gasteiger partial charge in [0.25, 0.3) is 5.56 Å². The Balaban J connectivity index is 1.32. The minimum Gasteiger partial charge on any atom is -0.378 e. The first-order valence-corrected chi connectivity index (χ1v) is 10.0. The second kappa shape index (κ2) is 5.56. The fourth-order valence-corrected chi connectivity index (χ4v) is 5.55. The normalized spacial score (nSPS) is 32.8. The summed E-state index contributed by atoms with van der Waals surface area (Å²) in [5.74, 6) is 1.19. The van der Waals surface area contributed by atoms with Crippen molar-refractivity contribution in [3.05, 3.63) is 52.1 Å². The molecule has 7 heteroatoms. The quantitative estimate of drug-likeness (QED) is 0.876. The second-order valence-electron chi connectivity index (χ2n) is 8.79. The average Bonchev–Trinajstić information content (AvgIpc) is 3.49. The van der Waals surface area contributed by atoms with Crippen LogP contribution in [0.2, 0.25) is 0 Å². The van der Waals surface area contributed by atoms with Crippen molar-refractivity contribution in [3.8, 4) is 0 Å². The van der Waals surface area contributed by atoms with Gasteiger partial charge in [-0.2, -0.15) is 4.98 Å². The average molecular weight is 382 g/mol. The number of anilines is 2. The van der Waals surface area contributed by atoms with E-state index in [1.54, 1.807) is 6.07 Å². The zero-order valence-corrected chi connectivity index (χ0v) is 15.7. The smallest absolute Gasteiger partial charge is 0.254 e. The number of rotatable bonds is 4. The highest BCUT2D eigenvalue weighted by Gasteiger charge is 2.89. The van der Waals surface area contributed by atoms with Crippen molar-refractivity contribution in [1.82, 2.24) is 9.97 Å². The van der Waals surface area contributed by atoms with Crippen LogP contribution in [0.5, 0.6) is 0 Å². The van der Waals surface area contributed by atoms with E-state index in [0.29, 0.717) is 36.0 Å². The third-order valence-electron chi connectivity index (χ3n) is 7.27. The summed E-state index contributed by atoms with van der Waals surface area (Å²) in [7, 11) is 0. The molecular weight excluding hydrogens is 359 g/mol. The predicted molar refractivity (Wildman–Crippen MR) is 103 cm³/mol. The number of morpholine rings is 1. The van der Waals surface area contributed by atoms with Crippen LogP contribution in [0.25, 0.3) is 0 Å². The van der Waals surface area contributed by atoms with Crippen molar-refractivity contribution in [2.24, 2.45) is 10.8 Å². The Morgan fingerprint density at radius 2 is 1.96 bits per heavy atom. The van der Waals surface area contributed by atoms with Gasteiger partial charge in [0, 0.05) is 31.7 Å². The Bertz CT molecular complexity index is 977. The molecule has 2 saturated carbocycles.